The molecule has 0 bridgehead atoms. The van der Waals surface area contributed by atoms with Crippen molar-refractivity contribution in [1.29, 1.82) is 5.26 Å². The molecule has 0 radical (unpaired) electrons. The number of anilines is 5. The predicted octanol–water partition coefficient (Wildman–Crippen LogP) is 2.22. The number of imidazole rings is 1. The molecule has 176 valence electrons. The molecule has 0 amide bonds. The van der Waals surface area contributed by atoms with Crippen molar-refractivity contribution < 1.29 is 0 Å². The number of aromatic amines is 1. The number of nitrogens with zero attached hydrogens (tertiary/aromatic N) is 8. The summed E-state index contributed by atoms with van der Waals surface area (Å²) in [6, 6.07) is 10.6. The van der Waals surface area contributed by atoms with Crippen molar-refractivity contribution in [3.05, 3.63) is 48.2 Å². The largest absolute Gasteiger partial charge is 0.373 e. The molecule has 0 atom stereocenters. The van der Waals surface area contributed by atoms with E-state index in [-0.39, 0.29) is 0 Å². The van der Waals surface area contributed by atoms with Crippen LogP contribution < -0.4 is 20.0 Å². The second-order valence-electron chi connectivity index (χ2n) is 8.89. The quantitative estimate of drug-likeness (QED) is 0.538. The van der Waals surface area contributed by atoms with Crippen LogP contribution in [-0.2, 0) is 13.0 Å². The zero-order chi connectivity index (χ0) is 23.5. The molecule has 1 aromatic carbocycles. The number of piperazine rings is 1. The van der Waals surface area contributed by atoms with Gasteiger partial charge in [0.2, 0.25) is 5.95 Å². The molecule has 10 heteroatoms. The van der Waals surface area contributed by atoms with Gasteiger partial charge in [0.05, 0.1) is 48.8 Å². The average molecular weight is 459 g/mol. The first-order valence-corrected chi connectivity index (χ1v) is 11.6. The Morgan fingerprint density at radius 2 is 1.97 bits per heavy atom. The predicted molar refractivity (Wildman–Crippen MR) is 134 cm³/mol. The Bertz CT molecular complexity index is 1170. The van der Waals surface area contributed by atoms with E-state index in [0.717, 1.165) is 80.0 Å². The van der Waals surface area contributed by atoms with Crippen molar-refractivity contribution in [1.82, 2.24) is 24.8 Å². The van der Waals surface area contributed by atoms with Crippen LogP contribution in [0.15, 0.2) is 36.8 Å². The number of hydrogen-bond acceptors (Lipinski definition) is 9. The fraction of sp³-hybridized carbons (Fsp3) is 0.417. The molecular formula is C24H30N10. The number of hydrogen-bond donors (Lipinski definition) is 2. The third kappa shape index (κ3) is 4.61. The minimum atomic E-state index is 0.497. The van der Waals surface area contributed by atoms with E-state index in [4.69, 9.17) is 10.2 Å². The first-order chi connectivity index (χ1) is 16.6. The second-order valence-corrected chi connectivity index (χ2v) is 8.89. The highest BCUT2D eigenvalue weighted by Crippen LogP contribution is 2.31. The smallest absolute Gasteiger partial charge is 0.229 e. The second kappa shape index (κ2) is 9.57. The summed E-state index contributed by atoms with van der Waals surface area (Å²) in [5, 5.41) is 12.3. The molecule has 2 aliphatic rings. The van der Waals surface area contributed by atoms with Gasteiger partial charge in [-0.15, -0.1) is 0 Å². The number of H-pyrrole nitrogens is 1. The third-order valence-corrected chi connectivity index (χ3v) is 6.44. The number of nitrogens with one attached hydrogen (secondary N) is 2. The highest BCUT2D eigenvalue weighted by Gasteiger charge is 2.23. The van der Waals surface area contributed by atoms with Gasteiger partial charge in [-0.1, -0.05) is 6.07 Å². The molecule has 0 spiro atoms. The summed E-state index contributed by atoms with van der Waals surface area (Å²) in [6.45, 7) is 5.73. The first kappa shape index (κ1) is 22.0. The minimum absolute atomic E-state index is 0.497. The van der Waals surface area contributed by atoms with Crippen molar-refractivity contribution in [2.24, 2.45) is 0 Å². The summed E-state index contributed by atoms with van der Waals surface area (Å²) in [5.41, 5.74) is 5.38. The maximum Gasteiger partial charge on any atom is 0.229 e. The molecule has 5 rings (SSSR count). The molecule has 0 aliphatic carbocycles. The Morgan fingerprint density at radius 1 is 1.12 bits per heavy atom. The van der Waals surface area contributed by atoms with Crippen LogP contribution in [-0.4, -0.2) is 78.2 Å². The summed E-state index contributed by atoms with van der Waals surface area (Å²) in [7, 11) is 4.03. The van der Waals surface area contributed by atoms with Gasteiger partial charge in [0.25, 0.3) is 0 Å². The Morgan fingerprint density at radius 3 is 2.76 bits per heavy atom. The van der Waals surface area contributed by atoms with E-state index in [0.29, 0.717) is 12.5 Å². The van der Waals surface area contributed by atoms with Crippen molar-refractivity contribution in [3.63, 3.8) is 0 Å². The van der Waals surface area contributed by atoms with Gasteiger partial charge in [-0.25, -0.2) is 9.97 Å². The van der Waals surface area contributed by atoms with Crippen LogP contribution in [0, 0.1) is 11.3 Å². The van der Waals surface area contributed by atoms with Gasteiger partial charge < -0.3 is 25.0 Å². The lowest BCUT2D eigenvalue weighted by atomic mass is 10.1. The standard InChI is InChI=1S/C24H30N10/c1-31(2)22-15-26-24(30-23(22)34-8-6-20-21(16-34)28-17-27-20)29-18-4-3-5-19(14-18)33-12-10-32(9-7-25)11-13-33/h3-5,14-15,17H,6,8-13,16H2,1-2H3,(H,27,28)(H,26,29,30). The number of rotatable bonds is 6. The molecule has 0 unspecified atom stereocenters. The van der Waals surface area contributed by atoms with E-state index in [1.54, 1.807) is 6.33 Å². The fourth-order valence-electron chi connectivity index (χ4n) is 4.54. The molecule has 2 N–H and O–H groups in total. The molecule has 1 fully saturated rings. The molecule has 3 aromatic rings. The van der Waals surface area contributed by atoms with Crippen LogP contribution in [0.2, 0.25) is 0 Å². The lowest BCUT2D eigenvalue weighted by Gasteiger charge is -2.35. The molecule has 4 heterocycles. The maximum atomic E-state index is 8.93. The Hall–Kier alpha value is -3.84. The van der Waals surface area contributed by atoms with Gasteiger partial charge in [0.15, 0.2) is 5.82 Å². The van der Waals surface area contributed by atoms with Gasteiger partial charge >= 0.3 is 0 Å². The Balaban J connectivity index is 1.34. The highest BCUT2D eigenvalue weighted by atomic mass is 15.3. The van der Waals surface area contributed by atoms with Crippen molar-refractivity contribution in [2.75, 3.05) is 73.4 Å². The van der Waals surface area contributed by atoms with Gasteiger partial charge in [-0.05, 0) is 18.2 Å². The minimum Gasteiger partial charge on any atom is -0.373 e. The zero-order valence-corrected chi connectivity index (χ0v) is 19.7. The van der Waals surface area contributed by atoms with Crippen molar-refractivity contribution >= 4 is 28.8 Å². The SMILES string of the molecule is CN(C)c1cnc(Nc2cccc(N3CCN(CC#N)CC3)c2)nc1N1CCc2nc[nH]c2C1. The summed E-state index contributed by atoms with van der Waals surface area (Å²) in [5.74, 6) is 1.49. The molecule has 1 saturated heterocycles. The van der Waals surface area contributed by atoms with Crippen LogP contribution in [0.5, 0.6) is 0 Å². The molecular weight excluding hydrogens is 428 g/mol. The van der Waals surface area contributed by atoms with E-state index >= 15 is 0 Å². The van der Waals surface area contributed by atoms with Crippen LogP contribution in [0.1, 0.15) is 11.4 Å². The first-order valence-electron chi connectivity index (χ1n) is 11.6. The van der Waals surface area contributed by atoms with Crippen molar-refractivity contribution in [3.8, 4) is 6.07 Å². The lowest BCUT2D eigenvalue weighted by Crippen LogP contribution is -2.46. The molecule has 2 aliphatic heterocycles. The zero-order valence-electron chi connectivity index (χ0n) is 19.7. The van der Waals surface area contributed by atoms with Gasteiger partial charge in [0.1, 0.15) is 0 Å². The van der Waals surface area contributed by atoms with E-state index in [1.165, 1.54) is 0 Å². The topological polar surface area (TPSA) is 103 Å². The van der Waals surface area contributed by atoms with E-state index < -0.39 is 0 Å². The van der Waals surface area contributed by atoms with Gasteiger partial charge in [-0.3, -0.25) is 4.90 Å². The molecule has 2 aromatic heterocycles. The molecule has 34 heavy (non-hydrogen) atoms. The number of aromatic nitrogens is 4. The van der Waals surface area contributed by atoms with E-state index in [1.807, 2.05) is 31.3 Å². The van der Waals surface area contributed by atoms with E-state index in [2.05, 4.69) is 59.2 Å². The van der Waals surface area contributed by atoms with Crippen LogP contribution >= 0.6 is 0 Å². The van der Waals surface area contributed by atoms with Gasteiger partial charge in [0, 0.05) is 64.6 Å². The van der Waals surface area contributed by atoms with Crippen LogP contribution in [0.4, 0.5) is 28.8 Å². The maximum absolute atomic E-state index is 8.93. The van der Waals surface area contributed by atoms with E-state index in [9.17, 15) is 0 Å². The lowest BCUT2D eigenvalue weighted by molar-refractivity contribution is 0.287. The third-order valence-electron chi connectivity index (χ3n) is 6.44. The summed E-state index contributed by atoms with van der Waals surface area (Å²) >= 11 is 0. The Kier molecular flexibility index (Phi) is 6.18. The number of nitriles is 1. The van der Waals surface area contributed by atoms with Crippen LogP contribution in [0.25, 0.3) is 0 Å². The van der Waals surface area contributed by atoms with Crippen LogP contribution in [0.3, 0.4) is 0 Å². The Labute approximate surface area is 199 Å². The number of benzene rings is 1. The summed E-state index contributed by atoms with van der Waals surface area (Å²) in [6.07, 6.45) is 4.54. The normalized spacial score (nSPS) is 16.1. The molecule has 0 saturated carbocycles. The summed E-state index contributed by atoms with van der Waals surface area (Å²) < 4.78 is 0. The van der Waals surface area contributed by atoms with Gasteiger partial charge in [-0.2, -0.15) is 10.2 Å². The summed E-state index contributed by atoms with van der Waals surface area (Å²) in [4.78, 5) is 26.1. The highest BCUT2D eigenvalue weighted by molar-refractivity contribution is 5.69. The van der Waals surface area contributed by atoms with Crippen molar-refractivity contribution in [2.45, 2.75) is 13.0 Å². The monoisotopic (exact) mass is 458 g/mol. The molecule has 10 nitrogen and oxygen atoms in total. The number of fused-ring (bicyclic) bond motifs is 1. The fourth-order valence-corrected chi connectivity index (χ4v) is 4.54. The average Bonchev–Trinajstić information content (AvgIpc) is 3.33.